The van der Waals surface area contributed by atoms with Crippen LogP contribution in [0.5, 0.6) is 5.75 Å². The third-order valence-electron chi connectivity index (χ3n) is 3.05. The maximum atomic E-state index is 13.2. The summed E-state index contributed by atoms with van der Waals surface area (Å²) in [5.41, 5.74) is 0.497. The van der Waals surface area contributed by atoms with Crippen molar-refractivity contribution in [1.29, 1.82) is 5.26 Å². The zero-order chi connectivity index (χ0) is 16.7. The molecule has 0 heterocycles. The zero-order valence-electron chi connectivity index (χ0n) is 12.2. The van der Waals surface area contributed by atoms with Crippen molar-refractivity contribution in [3.63, 3.8) is 0 Å². The van der Waals surface area contributed by atoms with Gasteiger partial charge in [0.05, 0.1) is 23.2 Å². The minimum Gasteiger partial charge on any atom is -0.494 e. The molecule has 7 heteroatoms. The Morgan fingerprint density at radius 2 is 2.00 bits per heavy atom. The fourth-order valence-corrected chi connectivity index (χ4v) is 1.88. The molecule has 0 bridgehead atoms. The van der Waals surface area contributed by atoms with Gasteiger partial charge in [-0.05, 0) is 42.8 Å². The van der Waals surface area contributed by atoms with Crippen molar-refractivity contribution in [2.75, 3.05) is 18.5 Å². The fraction of sp³-hybridized carbons (Fsp3) is 0.188. The molecular weight excluding hydrogens is 301 g/mol. The number of nitrogens with zero attached hydrogens (tertiary/aromatic N) is 2. The maximum absolute atomic E-state index is 13.2. The van der Waals surface area contributed by atoms with Crippen molar-refractivity contribution in [2.45, 2.75) is 6.42 Å². The Balaban J connectivity index is 1.76. The van der Waals surface area contributed by atoms with Gasteiger partial charge in [0.15, 0.2) is 0 Å². The van der Waals surface area contributed by atoms with Crippen LogP contribution in [0.2, 0.25) is 0 Å². The van der Waals surface area contributed by atoms with Gasteiger partial charge in [-0.3, -0.25) is 10.1 Å². The van der Waals surface area contributed by atoms with Crippen molar-refractivity contribution in [1.82, 2.24) is 0 Å². The molecule has 2 rings (SSSR count). The molecule has 0 unspecified atom stereocenters. The monoisotopic (exact) mass is 315 g/mol. The molecule has 6 nitrogen and oxygen atoms in total. The van der Waals surface area contributed by atoms with Gasteiger partial charge in [-0.1, -0.05) is 0 Å². The normalized spacial score (nSPS) is 9.91. The average molecular weight is 315 g/mol. The van der Waals surface area contributed by atoms with Crippen molar-refractivity contribution in [2.24, 2.45) is 0 Å². The van der Waals surface area contributed by atoms with Crippen LogP contribution in [0.25, 0.3) is 0 Å². The first-order valence-electron chi connectivity index (χ1n) is 6.91. The summed E-state index contributed by atoms with van der Waals surface area (Å²) >= 11 is 0. The molecule has 2 aromatic carbocycles. The van der Waals surface area contributed by atoms with Crippen molar-refractivity contribution >= 4 is 11.4 Å². The third-order valence-corrected chi connectivity index (χ3v) is 3.05. The largest absolute Gasteiger partial charge is 0.494 e. The first-order valence-corrected chi connectivity index (χ1v) is 6.91. The van der Waals surface area contributed by atoms with Crippen molar-refractivity contribution in [3.8, 4) is 11.8 Å². The molecule has 0 atom stereocenters. The van der Waals surface area contributed by atoms with Crippen LogP contribution >= 0.6 is 0 Å². The second kappa shape index (κ2) is 7.75. The highest BCUT2D eigenvalue weighted by Gasteiger charge is 2.13. The molecule has 0 amide bonds. The summed E-state index contributed by atoms with van der Waals surface area (Å²) < 4.78 is 18.7. The van der Waals surface area contributed by atoms with E-state index in [9.17, 15) is 14.5 Å². The van der Waals surface area contributed by atoms with E-state index in [2.05, 4.69) is 5.32 Å². The summed E-state index contributed by atoms with van der Waals surface area (Å²) in [6.07, 6.45) is 0.658. The minimum atomic E-state index is -0.857. The molecule has 0 saturated heterocycles. The summed E-state index contributed by atoms with van der Waals surface area (Å²) in [6.45, 7) is 0.973. The molecule has 0 spiro atoms. The molecule has 0 saturated carbocycles. The summed E-state index contributed by atoms with van der Waals surface area (Å²) in [6, 6.07) is 12.5. The predicted octanol–water partition coefficient (Wildman–Crippen LogP) is 3.49. The van der Waals surface area contributed by atoms with E-state index in [1.807, 2.05) is 6.07 Å². The predicted molar refractivity (Wildman–Crippen MR) is 82.8 cm³/mol. The van der Waals surface area contributed by atoms with Gasteiger partial charge in [0.25, 0.3) is 0 Å². The number of hydrogen-bond acceptors (Lipinski definition) is 5. The van der Waals surface area contributed by atoms with E-state index in [0.717, 1.165) is 12.1 Å². The highest BCUT2D eigenvalue weighted by molar-refractivity contribution is 5.51. The van der Waals surface area contributed by atoms with Crippen LogP contribution < -0.4 is 10.1 Å². The van der Waals surface area contributed by atoms with Crippen LogP contribution in [0.15, 0.2) is 42.5 Å². The maximum Gasteiger partial charge on any atom is 0.306 e. The van der Waals surface area contributed by atoms with Crippen LogP contribution in [-0.2, 0) is 0 Å². The molecule has 0 fully saturated rings. The van der Waals surface area contributed by atoms with Crippen LogP contribution in [0.1, 0.15) is 12.0 Å². The molecule has 2 aromatic rings. The molecule has 0 radical (unpaired) electrons. The molecule has 0 aliphatic rings. The molecule has 0 aliphatic carbocycles. The molecule has 0 aromatic heterocycles. The molecule has 0 aliphatic heterocycles. The van der Waals surface area contributed by atoms with E-state index in [1.54, 1.807) is 24.3 Å². The molecule has 118 valence electrons. The third kappa shape index (κ3) is 4.68. The first-order chi connectivity index (χ1) is 11.1. The number of nitro benzene ring substituents is 1. The van der Waals surface area contributed by atoms with E-state index >= 15 is 0 Å². The quantitative estimate of drug-likeness (QED) is 0.480. The Kier molecular flexibility index (Phi) is 5.47. The number of nitro groups is 1. The number of nitriles is 1. The van der Waals surface area contributed by atoms with Gasteiger partial charge in [0, 0.05) is 18.3 Å². The van der Waals surface area contributed by atoms with E-state index in [1.165, 1.54) is 6.07 Å². The highest BCUT2D eigenvalue weighted by Crippen LogP contribution is 2.21. The fourth-order valence-electron chi connectivity index (χ4n) is 1.88. The lowest BCUT2D eigenvalue weighted by atomic mass is 10.2. The van der Waals surface area contributed by atoms with Gasteiger partial charge < -0.3 is 10.1 Å². The first kappa shape index (κ1) is 16.2. The number of hydrogen-bond donors (Lipinski definition) is 1. The lowest BCUT2D eigenvalue weighted by Crippen LogP contribution is -2.07. The van der Waals surface area contributed by atoms with Crippen LogP contribution in [0, 0.1) is 27.3 Å². The number of rotatable bonds is 7. The van der Waals surface area contributed by atoms with E-state index in [-0.39, 0.29) is 0 Å². The smallest absolute Gasteiger partial charge is 0.306 e. The van der Waals surface area contributed by atoms with Gasteiger partial charge in [-0.25, -0.2) is 0 Å². The summed E-state index contributed by atoms with van der Waals surface area (Å²) in [7, 11) is 0. The number of anilines is 1. The lowest BCUT2D eigenvalue weighted by molar-refractivity contribution is -0.387. The molecule has 1 N–H and O–H groups in total. The van der Waals surface area contributed by atoms with Gasteiger partial charge in [0.1, 0.15) is 5.75 Å². The number of nitrogens with one attached hydrogen (secondary N) is 1. The van der Waals surface area contributed by atoms with Crippen molar-refractivity contribution < 1.29 is 14.1 Å². The van der Waals surface area contributed by atoms with Crippen molar-refractivity contribution in [3.05, 3.63) is 64.0 Å². The van der Waals surface area contributed by atoms with E-state index in [4.69, 9.17) is 10.00 Å². The summed E-state index contributed by atoms with van der Waals surface area (Å²) in [4.78, 5) is 9.90. The minimum absolute atomic E-state index is 0.447. The van der Waals surface area contributed by atoms with Gasteiger partial charge in [0.2, 0.25) is 5.82 Å². The second-order valence-corrected chi connectivity index (χ2v) is 4.69. The Bertz CT molecular complexity index is 726. The lowest BCUT2D eigenvalue weighted by Gasteiger charge is -2.08. The standard InChI is InChI=1S/C16H14FN3O3/c17-15-7-4-13(10-16(15)20(21)22)19-8-1-9-23-14-5-2-12(11-18)3-6-14/h2-7,10,19H,1,8-9H2. The summed E-state index contributed by atoms with van der Waals surface area (Å²) in [5.74, 6) is -0.189. The number of ether oxygens (including phenoxy) is 1. The molecular formula is C16H14FN3O3. The number of halogens is 1. The van der Waals surface area contributed by atoms with Crippen LogP contribution in [0.4, 0.5) is 15.8 Å². The van der Waals surface area contributed by atoms with Crippen LogP contribution in [-0.4, -0.2) is 18.1 Å². The Morgan fingerprint density at radius 1 is 1.26 bits per heavy atom. The Labute approximate surface area is 132 Å². The average Bonchev–Trinajstić information content (AvgIpc) is 2.56. The zero-order valence-corrected chi connectivity index (χ0v) is 12.2. The summed E-state index contributed by atoms with van der Waals surface area (Å²) in [5, 5.41) is 22.3. The van der Waals surface area contributed by atoms with E-state index in [0.29, 0.717) is 36.6 Å². The number of benzene rings is 2. The van der Waals surface area contributed by atoms with Crippen LogP contribution in [0.3, 0.4) is 0 Å². The SMILES string of the molecule is N#Cc1ccc(OCCCNc2ccc(F)c([N+](=O)[O-])c2)cc1. The van der Waals surface area contributed by atoms with Gasteiger partial charge in [-0.2, -0.15) is 9.65 Å². The highest BCUT2D eigenvalue weighted by atomic mass is 19.1. The second-order valence-electron chi connectivity index (χ2n) is 4.69. The molecule has 23 heavy (non-hydrogen) atoms. The topological polar surface area (TPSA) is 88.2 Å². The Hall–Kier alpha value is -3.14. The Morgan fingerprint density at radius 3 is 2.65 bits per heavy atom. The van der Waals surface area contributed by atoms with Gasteiger partial charge in [-0.15, -0.1) is 0 Å². The van der Waals surface area contributed by atoms with Gasteiger partial charge >= 0.3 is 5.69 Å². The van der Waals surface area contributed by atoms with E-state index < -0.39 is 16.4 Å².